The third-order valence-corrected chi connectivity index (χ3v) is 4.62. The van der Waals surface area contributed by atoms with Crippen molar-refractivity contribution in [3.63, 3.8) is 0 Å². The molecule has 0 amide bonds. The second kappa shape index (κ2) is 11.6. The fourth-order valence-electron chi connectivity index (χ4n) is 2.99. The summed E-state index contributed by atoms with van der Waals surface area (Å²) in [6, 6.07) is 13.5. The Morgan fingerprint density at radius 3 is 2.70 bits per heavy atom. The monoisotopic (exact) mass is 522 g/mol. The van der Waals surface area contributed by atoms with E-state index in [1.807, 2.05) is 26.0 Å². The van der Waals surface area contributed by atoms with Gasteiger partial charge in [0.15, 0.2) is 5.96 Å². The van der Waals surface area contributed by atoms with Crippen LogP contribution in [0.25, 0.3) is 0 Å². The molecule has 0 fully saturated rings. The van der Waals surface area contributed by atoms with Gasteiger partial charge < -0.3 is 10.6 Å². The lowest BCUT2D eigenvalue weighted by molar-refractivity contribution is 0.607. The topological polar surface area (TPSA) is 67.1 Å². The van der Waals surface area contributed by atoms with Crippen molar-refractivity contribution < 1.29 is 4.39 Å². The summed E-state index contributed by atoms with van der Waals surface area (Å²) in [5, 5.41) is 10.7. The van der Waals surface area contributed by atoms with E-state index in [1.54, 1.807) is 30.1 Å². The molecule has 0 aliphatic rings. The van der Waals surface area contributed by atoms with E-state index in [0.717, 1.165) is 23.2 Å². The number of halogens is 2. The Labute approximate surface area is 194 Å². The zero-order valence-corrected chi connectivity index (χ0v) is 19.8. The quantitative estimate of drug-likeness (QED) is 0.277. The van der Waals surface area contributed by atoms with Gasteiger partial charge in [0, 0.05) is 6.54 Å². The molecule has 0 saturated heterocycles. The zero-order chi connectivity index (χ0) is 20.6. The highest BCUT2D eigenvalue weighted by atomic mass is 127. The molecule has 2 aromatic carbocycles. The predicted molar refractivity (Wildman–Crippen MR) is 128 cm³/mol. The highest BCUT2D eigenvalue weighted by Crippen LogP contribution is 2.16. The van der Waals surface area contributed by atoms with Crippen molar-refractivity contribution in [1.82, 2.24) is 25.4 Å². The van der Waals surface area contributed by atoms with Crippen LogP contribution in [0.4, 0.5) is 4.39 Å². The Morgan fingerprint density at radius 1 is 1.20 bits per heavy atom. The van der Waals surface area contributed by atoms with Gasteiger partial charge in [-0.05, 0) is 49.1 Å². The second-order valence-corrected chi connectivity index (χ2v) is 6.98. The van der Waals surface area contributed by atoms with E-state index < -0.39 is 0 Å². The van der Waals surface area contributed by atoms with Crippen LogP contribution in [0.15, 0.2) is 60.1 Å². The van der Waals surface area contributed by atoms with Gasteiger partial charge in [0.25, 0.3) is 0 Å². The summed E-state index contributed by atoms with van der Waals surface area (Å²) < 4.78 is 15.7. The third kappa shape index (κ3) is 6.79. The minimum absolute atomic E-state index is 0. The number of rotatable bonds is 7. The molecule has 1 aromatic heterocycles. The number of nitrogens with zero attached hydrogens (tertiary/aromatic N) is 4. The molecule has 0 bridgehead atoms. The summed E-state index contributed by atoms with van der Waals surface area (Å²) in [4.78, 5) is 8.67. The van der Waals surface area contributed by atoms with Crippen LogP contribution >= 0.6 is 24.0 Å². The Hall–Kier alpha value is -2.49. The molecule has 0 aliphatic heterocycles. The summed E-state index contributed by atoms with van der Waals surface area (Å²) in [5.41, 5.74) is 3.78. The van der Waals surface area contributed by atoms with Crippen LogP contribution in [0.5, 0.6) is 0 Å². The summed E-state index contributed by atoms with van der Waals surface area (Å²) >= 11 is 0. The van der Waals surface area contributed by atoms with Crippen molar-refractivity contribution in [2.45, 2.75) is 39.9 Å². The SMILES string of the molecule is CCNC(=NCc1cccc(Cn2cncn2)c1)NC(C)c1ccc(C)c(F)c1.I. The Kier molecular flexibility index (Phi) is 9.22. The van der Waals surface area contributed by atoms with Gasteiger partial charge in [0.2, 0.25) is 0 Å². The number of hydrogen-bond donors (Lipinski definition) is 2. The van der Waals surface area contributed by atoms with Crippen molar-refractivity contribution in [3.8, 4) is 0 Å². The minimum atomic E-state index is -0.192. The number of nitrogens with one attached hydrogen (secondary N) is 2. The third-order valence-electron chi connectivity index (χ3n) is 4.62. The van der Waals surface area contributed by atoms with Crippen molar-refractivity contribution >= 4 is 29.9 Å². The molecule has 160 valence electrons. The van der Waals surface area contributed by atoms with Gasteiger partial charge in [0.05, 0.1) is 19.1 Å². The molecule has 30 heavy (non-hydrogen) atoms. The molecule has 2 N–H and O–H groups in total. The van der Waals surface area contributed by atoms with E-state index >= 15 is 0 Å². The molecular formula is C22H28FIN6. The standard InChI is InChI=1S/C22H27FN6.HI/c1-4-25-22(28-17(3)20-9-8-16(2)21(23)11-20)26-12-18-6-5-7-19(10-18)13-29-15-24-14-27-29;/h5-11,14-15,17H,4,12-13H2,1-3H3,(H2,25,26,28);1H. The fraction of sp³-hybridized carbons (Fsp3) is 0.318. The normalized spacial score (nSPS) is 12.2. The molecule has 6 nitrogen and oxygen atoms in total. The number of aryl methyl sites for hydroxylation is 1. The zero-order valence-electron chi connectivity index (χ0n) is 17.5. The summed E-state index contributed by atoms with van der Waals surface area (Å²) in [5.74, 6) is 0.505. The smallest absolute Gasteiger partial charge is 0.192 e. The van der Waals surface area contributed by atoms with Crippen LogP contribution in [0.3, 0.4) is 0 Å². The van der Waals surface area contributed by atoms with Gasteiger partial charge in [-0.3, -0.25) is 0 Å². The molecule has 0 radical (unpaired) electrons. The molecule has 3 rings (SSSR count). The Balaban J connectivity index is 0.00000320. The Bertz CT molecular complexity index is 958. The first-order valence-electron chi connectivity index (χ1n) is 9.76. The molecule has 0 saturated carbocycles. The molecule has 1 atom stereocenters. The first-order chi connectivity index (χ1) is 14.0. The summed E-state index contributed by atoms with van der Waals surface area (Å²) in [7, 11) is 0. The largest absolute Gasteiger partial charge is 0.357 e. The maximum Gasteiger partial charge on any atom is 0.192 e. The van der Waals surface area contributed by atoms with E-state index in [-0.39, 0.29) is 35.8 Å². The Morgan fingerprint density at radius 2 is 2.00 bits per heavy atom. The number of aromatic nitrogens is 3. The number of aliphatic imine (C=N–C) groups is 1. The molecule has 0 aliphatic carbocycles. The lowest BCUT2D eigenvalue weighted by atomic mass is 10.1. The van der Waals surface area contributed by atoms with E-state index in [4.69, 9.17) is 4.99 Å². The molecule has 1 heterocycles. The molecule has 3 aromatic rings. The number of benzene rings is 2. The van der Waals surface area contributed by atoms with Crippen molar-refractivity contribution in [1.29, 1.82) is 0 Å². The molecule has 0 spiro atoms. The van der Waals surface area contributed by atoms with Gasteiger partial charge in [-0.1, -0.05) is 36.4 Å². The van der Waals surface area contributed by atoms with Gasteiger partial charge in [0.1, 0.15) is 18.5 Å². The second-order valence-electron chi connectivity index (χ2n) is 6.98. The van der Waals surface area contributed by atoms with Crippen molar-refractivity contribution in [2.24, 2.45) is 4.99 Å². The van der Waals surface area contributed by atoms with Crippen molar-refractivity contribution in [2.75, 3.05) is 6.54 Å². The van der Waals surface area contributed by atoms with E-state index in [9.17, 15) is 4.39 Å². The van der Waals surface area contributed by atoms with E-state index in [1.165, 1.54) is 6.33 Å². The minimum Gasteiger partial charge on any atom is -0.357 e. The molecular weight excluding hydrogens is 494 g/mol. The van der Waals surface area contributed by atoms with Crippen LogP contribution in [0.1, 0.15) is 42.1 Å². The molecule has 8 heteroatoms. The van der Waals surface area contributed by atoms with Crippen LogP contribution < -0.4 is 10.6 Å². The highest BCUT2D eigenvalue weighted by molar-refractivity contribution is 14.0. The summed E-state index contributed by atoms with van der Waals surface area (Å²) in [6.45, 7) is 7.73. The molecule has 1 unspecified atom stereocenters. The average molecular weight is 522 g/mol. The lowest BCUT2D eigenvalue weighted by Gasteiger charge is -2.18. The lowest BCUT2D eigenvalue weighted by Crippen LogP contribution is -2.38. The first-order valence-corrected chi connectivity index (χ1v) is 9.76. The highest BCUT2D eigenvalue weighted by Gasteiger charge is 2.10. The van der Waals surface area contributed by atoms with Gasteiger partial charge >= 0.3 is 0 Å². The maximum absolute atomic E-state index is 13.9. The van der Waals surface area contributed by atoms with Crippen LogP contribution in [-0.4, -0.2) is 27.3 Å². The summed E-state index contributed by atoms with van der Waals surface area (Å²) in [6.07, 6.45) is 3.23. The maximum atomic E-state index is 13.9. The first kappa shape index (κ1) is 23.8. The fourth-order valence-corrected chi connectivity index (χ4v) is 2.99. The van der Waals surface area contributed by atoms with Gasteiger partial charge in [-0.2, -0.15) is 5.10 Å². The van der Waals surface area contributed by atoms with E-state index in [0.29, 0.717) is 24.6 Å². The van der Waals surface area contributed by atoms with Crippen LogP contribution in [0, 0.1) is 12.7 Å². The van der Waals surface area contributed by atoms with Crippen LogP contribution in [0.2, 0.25) is 0 Å². The average Bonchev–Trinajstić information content (AvgIpc) is 3.21. The van der Waals surface area contributed by atoms with Gasteiger partial charge in [-0.15, -0.1) is 24.0 Å². The predicted octanol–water partition coefficient (Wildman–Crippen LogP) is 4.21. The van der Waals surface area contributed by atoms with Crippen LogP contribution in [-0.2, 0) is 13.1 Å². The van der Waals surface area contributed by atoms with Crippen molar-refractivity contribution in [3.05, 3.63) is 83.2 Å². The van der Waals surface area contributed by atoms with Gasteiger partial charge in [-0.25, -0.2) is 19.0 Å². The van der Waals surface area contributed by atoms with E-state index in [2.05, 4.69) is 38.9 Å². The number of guanidine groups is 1. The number of hydrogen-bond acceptors (Lipinski definition) is 3.